The van der Waals surface area contributed by atoms with Crippen LogP contribution in [0.3, 0.4) is 0 Å². The fourth-order valence-electron chi connectivity index (χ4n) is 1.33. The Morgan fingerprint density at radius 3 is 1.91 bits per heavy atom. The molecule has 0 bridgehead atoms. The largest absolute Gasteiger partial charge is 0.269 e. The van der Waals surface area contributed by atoms with E-state index in [0.717, 1.165) is 19.4 Å². The average Bonchev–Trinajstić information content (AvgIpc) is 1.88. The van der Waals surface area contributed by atoms with Gasteiger partial charge < -0.3 is 0 Å². The molecular weight excluding hydrogens is 136 g/mol. The molecule has 0 aliphatic rings. The van der Waals surface area contributed by atoms with E-state index in [1.165, 1.54) is 0 Å². The van der Waals surface area contributed by atoms with Crippen molar-refractivity contribution >= 4 is 0 Å². The van der Waals surface area contributed by atoms with Crippen molar-refractivity contribution in [2.24, 2.45) is 11.8 Å². The van der Waals surface area contributed by atoms with E-state index >= 15 is 0 Å². The van der Waals surface area contributed by atoms with Gasteiger partial charge in [0.2, 0.25) is 0 Å². The molecule has 0 aliphatic carbocycles. The van der Waals surface area contributed by atoms with Crippen molar-refractivity contribution in [2.75, 3.05) is 6.54 Å². The second-order valence-corrected chi connectivity index (χ2v) is 3.56. The van der Waals surface area contributed by atoms with Gasteiger partial charge >= 0.3 is 0 Å². The summed E-state index contributed by atoms with van der Waals surface area (Å²) in [4.78, 5) is 0. The molecule has 0 rings (SSSR count). The first-order valence-corrected chi connectivity index (χ1v) is 4.63. The minimum absolute atomic E-state index is 0.567. The highest BCUT2D eigenvalue weighted by Crippen LogP contribution is 2.06. The van der Waals surface area contributed by atoms with Crippen LogP contribution in [-0.2, 0) is 0 Å². The molecule has 0 radical (unpaired) electrons. The minimum Gasteiger partial charge on any atom is -0.269 e. The lowest BCUT2D eigenvalue weighted by Gasteiger charge is -2.26. The summed E-state index contributed by atoms with van der Waals surface area (Å²) in [6.07, 6.45) is 2.31. The van der Waals surface area contributed by atoms with Crippen molar-refractivity contribution in [1.82, 2.24) is 5.01 Å². The molecule has 11 heavy (non-hydrogen) atoms. The Kier molecular flexibility index (Phi) is 5.51. The van der Waals surface area contributed by atoms with Crippen LogP contribution < -0.4 is 5.84 Å². The van der Waals surface area contributed by atoms with Crippen LogP contribution in [-0.4, -0.2) is 17.6 Å². The third-order valence-electron chi connectivity index (χ3n) is 1.99. The second kappa shape index (κ2) is 5.56. The number of nitrogens with two attached hydrogens (primary N) is 1. The van der Waals surface area contributed by atoms with E-state index in [1.54, 1.807) is 0 Å². The van der Waals surface area contributed by atoms with Crippen molar-refractivity contribution < 1.29 is 0 Å². The number of rotatable bonds is 5. The van der Waals surface area contributed by atoms with Crippen LogP contribution in [0.1, 0.15) is 40.5 Å². The summed E-state index contributed by atoms with van der Waals surface area (Å²) >= 11 is 0. The Morgan fingerprint density at radius 2 is 1.64 bits per heavy atom. The van der Waals surface area contributed by atoms with Crippen LogP contribution in [0.15, 0.2) is 0 Å². The summed E-state index contributed by atoms with van der Waals surface area (Å²) < 4.78 is 0. The predicted octanol–water partition coefficient (Wildman–Crippen LogP) is 2.01. The lowest BCUT2D eigenvalue weighted by Crippen LogP contribution is -2.42. The molecule has 0 unspecified atom stereocenters. The summed E-state index contributed by atoms with van der Waals surface area (Å²) in [5.74, 6) is 6.54. The zero-order chi connectivity index (χ0) is 8.85. The molecule has 0 fully saturated rings. The summed E-state index contributed by atoms with van der Waals surface area (Å²) in [5, 5.41) is 1.98. The summed E-state index contributed by atoms with van der Waals surface area (Å²) in [6, 6.07) is 0.567. The molecule has 0 aliphatic heterocycles. The molecule has 0 spiro atoms. The third kappa shape index (κ3) is 4.38. The molecule has 0 atom stereocenters. The van der Waals surface area contributed by atoms with Crippen LogP contribution in [0.2, 0.25) is 0 Å². The maximum Gasteiger partial charge on any atom is 0.0236 e. The standard InChI is InChI=1S/C9H22N2/c1-5-9(6-2)11(10)7-8(3)4/h8-9H,5-7,10H2,1-4H3. The van der Waals surface area contributed by atoms with Crippen molar-refractivity contribution in [3.05, 3.63) is 0 Å². The Hall–Kier alpha value is -0.0800. The lowest BCUT2D eigenvalue weighted by molar-refractivity contribution is 0.169. The monoisotopic (exact) mass is 158 g/mol. The second-order valence-electron chi connectivity index (χ2n) is 3.56. The molecule has 0 aromatic heterocycles. The minimum atomic E-state index is 0.567. The van der Waals surface area contributed by atoms with Gasteiger partial charge in [-0.1, -0.05) is 27.7 Å². The van der Waals surface area contributed by atoms with Crippen molar-refractivity contribution in [3.8, 4) is 0 Å². The summed E-state index contributed by atoms with van der Waals surface area (Å²) in [5.41, 5.74) is 0. The van der Waals surface area contributed by atoms with E-state index in [1.807, 2.05) is 5.01 Å². The topological polar surface area (TPSA) is 29.3 Å². The molecule has 0 amide bonds. The predicted molar refractivity (Wildman–Crippen MR) is 50.1 cm³/mol. The number of hydrogen-bond donors (Lipinski definition) is 1. The van der Waals surface area contributed by atoms with Gasteiger partial charge in [0.15, 0.2) is 0 Å². The number of hydrazine groups is 1. The van der Waals surface area contributed by atoms with E-state index in [9.17, 15) is 0 Å². The highest BCUT2D eigenvalue weighted by Gasteiger charge is 2.11. The van der Waals surface area contributed by atoms with Gasteiger partial charge in [-0.05, 0) is 18.8 Å². The van der Waals surface area contributed by atoms with Crippen molar-refractivity contribution in [2.45, 2.75) is 46.6 Å². The van der Waals surface area contributed by atoms with Crippen molar-refractivity contribution in [1.29, 1.82) is 0 Å². The van der Waals surface area contributed by atoms with Gasteiger partial charge in [-0.25, -0.2) is 5.01 Å². The summed E-state index contributed by atoms with van der Waals surface area (Å²) in [7, 11) is 0. The highest BCUT2D eigenvalue weighted by atomic mass is 15.4. The molecular formula is C9H22N2. The average molecular weight is 158 g/mol. The molecule has 0 aromatic rings. The van der Waals surface area contributed by atoms with Crippen molar-refractivity contribution in [3.63, 3.8) is 0 Å². The smallest absolute Gasteiger partial charge is 0.0236 e. The molecule has 2 N–H and O–H groups in total. The molecule has 2 nitrogen and oxygen atoms in total. The van der Waals surface area contributed by atoms with Crippen LogP contribution in [0.25, 0.3) is 0 Å². The van der Waals surface area contributed by atoms with Gasteiger partial charge in [0.05, 0.1) is 0 Å². The van der Waals surface area contributed by atoms with E-state index in [2.05, 4.69) is 27.7 Å². The van der Waals surface area contributed by atoms with Gasteiger partial charge in [0.25, 0.3) is 0 Å². The maximum atomic E-state index is 5.87. The van der Waals surface area contributed by atoms with Gasteiger partial charge in [0, 0.05) is 12.6 Å². The van der Waals surface area contributed by atoms with E-state index in [4.69, 9.17) is 5.84 Å². The molecule has 2 heteroatoms. The molecule has 0 saturated heterocycles. The SMILES string of the molecule is CCC(CC)N(N)CC(C)C. The number of nitrogens with zero attached hydrogens (tertiary/aromatic N) is 1. The van der Waals surface area contributed by atoms with E-state index < -0.39 is 0 Å². The highest BCUT2D eigenvalue weighted by molar-refractivity contribution is 4.64. The fourth-order valence-corrected chi connectivity index (χ4v) is 1.33. The zero-order valence-electron chi connectivity index (χ0n) is 8.30. The third-order valence-corrected chi connectivity index (χ3v) is 1.99. The molecule has 0 heterocycles. The molecule has 0 aromatic carbocycles. The van der Waals surface area contributed by atoms with Crippen LogP contribution in [0.4, 0.5) is 0 Å². The van der Waals surface area contributed by atoms with Crippen LogP contribution in [0, 0.1) is 5.92 Å². The quantitative estimate of drug-likeness (QED) is 0.490. The Balaban J connectivity index is 3.68. The molecule has 68 valence electrons. The summed E-state index contributed by atoms with van der Waals surface area (Å²) in [6.45, 7) is 9.78. The fraction of sp³-hybridized carbons (Fsp3) is 1.00. The first-order chi connectivity index (χ1) is 5.11. The van der Waals surface area contributed by atoms with Gasteiger partial charge in [-0.3, -0.25) is 5.84 Å². The van der Waals surface area contributed by atoms with Gasteiger partial charge in [-0.15, -0.1) is 0 Å². The molecule has 0 saturated carbocycles. The first-order valence-electron chi connectivity index (χ1n) is 4.63. The maximum absolute atomic E-state index is 5.87. The van der Waals surface area contributed by atoms with Crippen LogP contribution in [0.5, 0.6) is 0 Å². The van der Waals surface area contributed by atoms with Gasteiger partial charge in [-0.2, -0.15) is 0 Å². The Bertz CT molecular complexity index is 87.6. The Morgan fingerprint density at radius 1 is 1.18 bits per heavy atom. The van der Waals surface area contributed by atoms with Gasteiger partial charge in [0.1, 0.15) is 0 Å². The Labute approximate surface area is 70.7 Å². The van der Waals surface area contributed by atoms with E-state index in [0.29, 0.717) is 12.0 Å². The van der Waals surface area contributed by atoms with E-state index in [-0.39, 0.29) is 0 Å². The van der Waals surface area contributed by atoms with Crippen LogP contribution >= 0.6 is 0 Å². The first kappa shape index (κ1) is 10.9. The zero-order valence-corrected chi connectivity index (χ0v) is 8.30. The number of hydrogen-bond acceptors (Lipinski definition) is 2. The normalized spacial score (nSPS) is 12.0. The lowest BCUT2D eigenvalue weighted by atomic mass is 10.1.